The normalized spacial score (nSPS) is 27.1. The number of rotatable bonds is 4. The van der Waals surface area contributed by atoms with Crippen molar-refractivity contribution in [1.82, 2.24) is 9.88 Å². The first kappa shape index (κ1) is 13.1. The van der Waals surface area contributed by atoms with E-state index in [2.05, 4.69) is 10.3 Å². The summed E-state index contributed by atoms with van der Waals surface area (Å²) in [5, 5.41) is 11.6. The van der Waals surface area contributed by atoms with E-state index in [1.807, 2.05) is 0 Å². The summed E-state index contributed by atoms with van der Waals surface area (Å²) in [6.07, 6.45) is 3.77. The van der Waals surface area contributed by atoms with Crippen molar-refractivity contribution in [3.63, 3.8) is 0 Å². The van der Waals surface area contributed by atoms with Crippen LogP contribution in [0.5, 0.6) is 0 Å². The Morgan fingerprint density at radius 1 is 1.40 bits per heavy atom. The van der Waals surface area contributed by atoms with E-state index in [9.17, 15) is 9.59 Å². The highest BCUT2D eigenvalue weighted by Gasteiger charge is 2.56. The van der Waals surface area contributed by atoms with Crippen molar-refractivity contribution in [2.45, 2.75) is 6.42 Å². The molecule has 3 rings (SSSR count). The maximum Gasteiger partial charge on any atom is 0.248 e. The zero-order valence-corrected chi connectivity index (χ0v) is 11.0. The predicted molar refractivity (Wildman–Crippen MR) is 71.6 cm³/mol. The fourth-order valence-electron chi connectivity index (χ4n) is 3.12. The highest BCUT2D eigenvalue weighted by molar-refractivity contribution is 5.91. The first-order chi connectivity index (χ1) is 9.69. The van der Waals surface area contributed by atoms with Gasteiger partial charge in [0.2, 0.25) is 11.8 Å². The molecule has 3 atom stereocenters. The van der Waals surface area contributed by atoms with Gasteiger partial charge in [-0.05, 0) is 29.9 Å². The van der Waals surface area contributed by atoms with Crippen LogP contribution < -0.4 is 5.32 Å². The van der Waals surface area contributed by atoms with Crippen LogP contribution in [0.3, 0.4) is 0 Å². The van der Waals surface area contributed by atoms with Crippen LogP contribution in [0.1, 0.15) is 6.42 Å². The second-order valence-corrected chi connectivity index (χ2v) is 5.44. The molecule has 2 heterocycles. The summed E-state index contributed by atoms with van der Waals surface area (Å²) in [4.78, 5) is 28.9. The first-order valence-electron chi connectivity index (χ1n) is 6.77. The number of likely N-dealkylation sites (tertiary alicyclic amines) is 1. The molecule has 0 bridgehead atoms. The lowest BCUT2D eigenvalue weighted by Crippen LogP contribution is -2.34. The van der Waals surface area contributed by atoms with Gasteiger partial charge in [0.15, 0.2) is 0 Å². The first-order valence-corrected chi connectivity index (χ1v) is 6.77. The van der Waals surface area contributed by atoms with Gasteiger partial charge in [0.05, 0.1) is 11.9 Å². The lowest BCUT2D eigenvalue weighted by molar-refractivity contribution is -0.133. The Morgan fingerprint density at radius 2 is 2.15 bits per heavy atom. The molecule has 1 unspecified atom stereocenters. The van der Waals surface area contributed by atoms with Crippen LogP contribution in [-0.4, -0.2) is 46.5 Å². The minimum Gasteiger partial charge on any atom is -0.387 e. The molecular weight excluding hydrogens is 258 g/mol. The van der Waals surface area contributed by atoms with Crippen molar-refractivity contribution in [2.24, 2.45) is 17.8 Å². The van der Waals surface area contributed by atoms with Crippen molar-refractivity contribution >= 4 is 17.5 Å². The highest BCUT2D eigenvalue weighted by Crippen LogP contribution is 2.53. The maximum absolute atomic E-state index is 11.9. The Hall–Kier alpha value is -1.95. The van der Waals surface area contributed by atoms with Crippen molar-refractivity contribution in [3.8, 4) is 0 Å². The van der Waals surface area contributed by atoms with Gasteiger partial charge in [-0.15, -0.1) is 0 Å². The van der Waals surface area contributed by atoms with Crippen LogP contribution >= 0.6 is 0 Å². The van der Waals surface area contributed by atoms with Crippen molar-refractivity contribution < 1.29 is 14.7 Å². The number of aliphatic hydroxyl groups excluding tert-OH is 1. The van der Waals surface area contributed by atoms with Gasteiger partial charge >= 0.3 is 0 Å². The molecule has 1 aromatic heterocycles. The third kappa shape index (κ3) is 2.51. The van der Waals surface area contributed by atoms with Gasteiger partial charge in [0.1, 0.15) is 6.61 Å². The molecule has 106 valence electrons. The van der Waals surface area contributed by atoms with Crippen molar-refractivity contribution in [1.29, 1.82) is 0 Å². The molecule has 1 saturated heterocycles. The van der Waals surface area contributed by atoms with E-state index in [1.54, 1.807) is 29.4 Å². The number of piperidine rings is 1. The number of fused-ring (bicyclic) bond motifs is 1. The molecule has 1 saturated carbocycles. The zero-order chi connectivity index (χ0) is 14.1. The van der Waals surface area contributed by atoms with Gasteiger partial charge in [0.25, 0.3) is 0 Å². The smallest absolute Gasteiger partial charge is 0.248 e. The number of nitrogens with zero attached hydrogens (tertiary/aromatic N) is 2. The number of hydrogen-bond acceptors (Lipinski definition) is 4. The lowest BCUT2D eigenvalue weighted by Gasteiger charge is -2.18. The molecule has 0 radical (unpaired) electrons. The number of carbonyl (C=O) groups is 2. The molecule has 6 heteroatoms. The average molecular weight is 275 g/mol. The molecular formula is C14H17N3O3. The zero-order valence-electron chi connectivity index (χ0n) is 11.0. The third-order valence-corrected chi connectivity index (χ3v) is 4.23. The van der Waals surface area contributed by atoms with E-state index in [1.165, 1.54) is 0 Å². The van der Waals surface area contributed by atoms with Crippen molar-refractivity contribution in [3.05, 3.63) is 24.5 Å². The van der Waals surface area contributed by atoms with E-state index in [-0.39, 0.29) is 11.8 Å². The Morgan fingerprint density at radius 3 is 2.75 bits per heavy atom. The average Bonchev–Trinajstić information content (AvgIpc) is 2.90. The number of nitrogens with one attached hydrogen (secondary N) is 1. The summed E-state index contributed by atoms with van der Waals surface area (Å²) in [7, 11) is 0. The number of hydrogen-bond donors (Lipinski definition) is 2. The van der Waals surface area contributed by atoms with Crippen LogP contribution in [0.4, 0.5) is 5.69 Å². The minimum absolute atomic E-state index is 0.00238. The van der Waals surface area contributed by atoms with E-state index >= 15 is 0 Å². The Labute approximate surface area is 116 Å². The third-order valence-electron chi connectivity index (χ3n) is 4.23. The number of carbonyl (C=O) groups excluding carboxylic acids is 2. The van der Waals surface area contributed by atoms with Gasteiger partial charge < -0.3 is 15.3 Å². The SMILES string of the molecule is O=C(CC1[C@H]2CN(C(=O)CO)C[C@@H]12)Nc1cccnc1. The number of pyridine rings is 1. The molecule has 6 nitrogen and oxygen atoms in total. The summed E-state index contributed by atoms with van der Waals surface area (Å²) in [6, 6.07) is 3.58. The van der Waals surface area contributed by atoms with E-state index in [0.29, 0.717) is 43.0 Å². The second-order valence-electron chi connectivity index (χ2n) is 5.44. The van der Waals surface area contributed by atoms with Crippen LogP contribution in [0.2, 0.25) is 0 Å². The van der Waals surface area contributed by atoms with Gasteiger partial charge in [-0.2, -0.15) is 0 Å². The fourth-order valence-corrected chi connectivity index (χ4v) is 3.12. The minimum atomic E-state index is -0.425. The molecule has 2 aliphatic rings. The summed E-state index contributed by atoms with van der Waals surface area (Å²) >= 11 is 0. The largest absolute Gasteiger partial charge is 0.387 e. The van der Waals surface area contributed by atoms with Crippen LogP contribution in [-0.2, 0) is 9.59 Å². The fraction of sp³-hybridized carbons (Fsp3) is 0.500. The molecule has 2 N–H and O–H groups in total. The van der Waals surface area contributed by atoms with Gasteiger partial charge in [-0.25, -0.2) is 0 Å². The van der Waals surface area contributed by atoms with Crippen LogP contribution in [0.25, 0.3) is 0 Å². The Balaban J connectivity index is 1.46. The predicted octanol–water partition coefficient (Wildman–Crippen LogP) is 0.107. The van der Waals surface area contributed by atoms with Crippen molar-refractivity contribution in [2.75, 3.05) is 25.0 Å². The van der Waals surface area contributed by atoms with E-state index in [0.717, 1.165) is 0 Å². The summed E-state index contributed by atoms with van der Waals surface area (Å²) in [5.41, 5.74) is 0.709. The highest BCUT2D eigenvalue weighted by atomic mass is 16.3. The maximum atomic E-state index is 11.9. The monoisotopic (exact) mass is 275 g/mol. The van der Waals surface area contributed by atoms with Crippen LogP contribution in [0.15, 0.2) is 24.5 Å². The molecule has 1 aromatic rings. The van der Waals surface area contributed by atoms with Gasteiger partial charge in [-0.1, -0.05) is 0 Å². The number of aliphatic hydroxyl groups is 1. The summed E-state index contributed by atoms with van der Waals surface area (Å²) < 4.78 is 0. The van der Waals surface area contributed by atoms with E-state index in [4.69, 9.17) is 5.11 Å². The number of aromatic nitrogens is 1. The summed E-state index contributed by atoms with van der Waals surface area (Å²) in [5.74, 6) is 0.998. The Kier molecular flexibility index (Phi) is 3.40. The molecule has 2 fully saturated rings. The van der Waals surface area contributed by atoms with Gasteiger partial charge in [-0.3, -0.25) is 14.6 Å². The standard InChI is InChI=1S/C14H17N3O3/c18-8-14(20)17-6-11-10(12(11)7-17)4-13(19)16-9-2-1-3-15-5-9/h1-3,5,10-12,18H,4,6-8H2,(H,16,19)/t10?,11-,12+. The summed E-state index contributed by atoms with van der Waals surface area (Å²) in [6.45, 7) is 0.926. The second kappa shape index (κ2) is 5.20. The molecule has 0 aromatic carbocycles. The number of anilines is 1. The quantitative estimate of drug-likeness (QED) is 0.817. The van der Waals surface area contributed by atoms with E-state index < -0.39 is 6.61 Å². The molecule has 0 spiro atoms. The lowest BCUT2D eigenvalue weighted by atomic mass is 10.2. The topological polar surface area (TPSA) is 82.5 Å². The van der Waals surface area contributed by atoms with Gasteiger partial charge in [0, 0.05) is 25.7 Å². The molecule has 1 aliphatic heterocycles. The van der Waals surface area contributed by atoms with Crippen LogP contribution in [0, 0.1) is 17.8 Å². The number of amides is 2. The molecule has 2 amide bonds. The Bertz CT molecular complexity index is 508. The molecule has 1 aliphatic carbocycles. The molecule has 20 heavy (non-hydrogen) atoms.